The fourth-order valence-corrected chi connectivity index (χ4v) is 3.29. The minimum atomic E-state index is -3.64. The van der Waals surface area contributed by atoms with Crippen LogP contribution in [0, 0.1) is 6.92 Å². The number of hydrogen-bond acceptors (Lipinski definition) is 4. The highest BCUT2D eigenvalue weighted by Crippen LogP contribution is 2.32. The SMILES string of the molecule is COc1ccc(C)cc1N([C@@H](C)C(=O)N(C)C)S(C)(=O)=O. The molecular formula is C14H22N2O4S. The summed E-state index contributed by atoms with van der Waals surface area (Å²) in [6.45, 7) is 3.41. The number of benzene rings is 1. The number of sulfonamides is 1. The van der Waals surface area contributed by atoms with E-state index in [9.17, 15) is 13.2 Å². The predicted octanol–water partition coefficient (Wildman–Crippen LogP) is 1.25. The van der Waals surface area contributed by atoms with Crippen LogP contribution in [-0.4, -0.2) is 52.7 Å². The molecule has 0 aliphatic heterocycles. The van der Waals surface area contributed by atoms with E-state index in [2.05, 4.69) is 0 Å². The molecule has 1 atom stereocenters. The van der Waals surface area contributed by atoms with Crippen LogP contribution in [0.2, 0.25) is 0 Å². The Labute approximate surface area is 126 Å². The van der Waals surface area contributed by atoms with Crippen molar-refractivity contribution < 1.29 is 17.9 Å². The molecule has 0 aliphatic rings. The molecule has 0 heterocycles. The van der Waals surface area contributed by atoms with Gasteiger partial charge in [-0.05, 0) is 31.5 Å². The molecule has 0 saturated heterocycles. The first-order chi connectivity index (χ1) is 9.59. The summed E-state index contributed by atoms with van der Waals surface area (Å²) >= 11 is 0. The molecule has 1 amide bonds. The number of carbonyl (C=O) groups excluding carboxylic acids is 1. The second-order valence-corrected chi connectivity index (χ2v) is 7.00. The van der Waals surface area contributed by atoms with Crippen LogP contribution >= 0.6 is 0 Å². The number of rotatable bonds is 5. The zero-order valence-electron chi connectivity index (χ0n) is 13.2. The van der Waals surface area contributed by atoms with Gasteiger partial charge < -0.3 is 9.64 Å². The molecule has 7 heteroatoms. The van der Waals surface area contributed by atoms with E-state index in [-0.39, 0.29) is 5.91 Å². The third kappa shape index (κ3) is 3.87. The quantitative estimate of drug-likeness (QED) is 0.820. The molecule has 0 N–H and O–H groups in total. The minimum absolute atomic E-state index is 0.302. The lowest BCUT2D eigenvalue weighted by atomic mass is 10.2. The van der Waals surface area contributed by atoms with Crippen LogP contribution in [0.4, 0.5) is 5.69 Å². The maximum absolute atomic E-state index is 12.2. The third-order valence-electron chi connectivity index (χ3n) is 3.08. The number of anilines is 1. The van der Waals surface area contributed by atoms with Crippen LogP contribution in [0.1, 0.15) is 12.5 Å². The Morgan fingerprint density at radius 1 is 1.29 bits per heavy atom. The number of ether oxygens (including phenoxy) is 1. The summed E-state index contributed by atoms with van der Waals surface area (Å²) in [5.74, 6) is 0.105. The molecule has 0 fully saturated rings. The maximum atomic E-state index is 12.2. The van der Waals surface area contributed by atoms with Crippen molar-refractivity contribution in [1.82, 2.24) is 4.90 Å². The van der Waals surface area contributed by atoms with Gasteiger partial charge in [0.05, 0.1) is 19.1 Å². The Kier molecular flexibility index (Phi) is 5.22. The van der Waals surface area contributed by atoms with Gasteiger partial charge in [0, 0.05) is 14.1 Å². The van der Waals surface area contributed by atoms with Gasteiger partial charge in [0.15, 0.2) is 0 Å². The summed E-state index contributed by atoms with van der Waals surface area (Å²) in [5, 5.41) is 0. The molecular weight excluding hydrogens is 292 g/mol. The lowest BCUT2D eigenvalue weighted by molar-refractivity contribution is -0.129. The Morgan fingerprint density at radius 3 is 2.29 bits per heavy atom. The van der Waals surface area contributed by atoms with Crippen molar-refractivity contribution >= 4 is 21.6 Å². The van der Waals surface area contributed by atoms with Gasteiger partial charge in [-0.15, -0.1) is 0 Å². The average molecular weight is 314 g/mol. The zero-order valence-corrected chi connectivity index (χ0v) is 14.1. The van der Waals surface area contributed by atoms with Crippen LogP contribution in [0.25, 0.3) is 0 Å². The molecule has 0 bridgehead atoms. The van der Waals surface area contributed by atoms with Crippen LogP contribution in [-0.2, 0) is 14.8 Å². The largest absolute Gasteiger partial charge is 0.495 e. The summed E-state index contributed by atoms with van der Waals surface area (Å²) in [6.07, 6.45) is 1.08. The number of nitrogens with zero attached hydrogens (tertiary/aromatic N) is 2. The lowest BCUT2D eigenvalue weighted by Gasteiger charge is -2.31. The van der Waals surface area contributed by atoms with Crippen LogP contribution in [0.3, 0.4) is 0 Å². The fourth-order valence-electron chi connectivity index (χ4n) is 2.12. The van der Waals surface area contributed by atoms with E-state index in [1.165, 1.54) is 12.0 Å². The molecule has 0 saturated carbocycles. The Balaban J connectivity index is 3.47. The topological polar surface area (TPSA) is 66.9 Å². The van der Waals surface area contributed by atoms with Gasteiger partial charge in [-0.3, -0.25) is 9.10 Å². The van der Waals surface area contributed by atoms with Gasteiger partial charge in [0.25, 0.3) is 0 Å². The molecule has 0 radical (unpaired) electrons. The summed E-state index contributed by atoms with van der Waals surface area (Å²) in [5.41, 5.74) is 1.24. The van der Waals surface area contributed by atoms with E-state index in [0.717, 1.165) is 16.1 Å². The van der Waals surface area contributed by atoms with Crippen molar-refractivity contribution in [3.8, 4) is 5.75 Å². The summed E-state index contributed by atoms with van der Waals surface area (Å²) in [6, 6.07) is 4.35. The number of carbonyl (C=O) groups is 1. The molecule has 1 aromatic rings. The van der Waals surface area contributed by atoms with E-state index >= 15 is 0 Å². The van der Waals surface area contributed by atoms with Crippen molar-refractivity contribution in [2.24, 2.45) is 0 Å². The smallest absolute Gasteiger partial charge is 0.245 e. The van der Waals surface area contributed by atoms with Gasteiger partial charge >= 0.3 is 0 Å². The van der Waals surface area contributed by atoms with E-state index in [0.29, 0.717) is 11.4 Å². The summed E-state index contributed by atoms with van der Waals surface area (Å²) in [4.78, 5) is 13.5. The van der Waals surface area contributed by atoms with Crippen LogP contribution in [0.15, 0.2) is 18.2 Å². The first kappa shape index (κ1) is 17.3. The number of likely N-dealkylation sites (N-methyl/N-ethyl adjacent to an activating group) is 1. The molecule has 1 aromatic carbocycles. The van der Waals surface area contributed by atoms with Crippen molar-refractivity contribution in [2.45, 2.75) is 19.9 Å². The lowest BCUT2D eigenvalue weighted by Crippen LogP contribution is -2.47. The van der Waals surface area contributed by atoms with E-state index in [4.69, 9.17) is 4.74 Å². The summed E-state index contributed by atoms with van der Waals surface area (Å²) < 4.78 is 30.7. The first-order valence-electron chi connectivity index (χ1n) is 6.44. The van der Waals surface area contributed by atoms with Gasteiger partial charge in [0.2, 0.25) is 15.9 Å². The third-order valence-corrected chi connectivity index (χ3v) is 4.31. The zero-order chi connectivity index (χ0) is 16.4. The number of amides is 1. The standard InChI is InChI=1S/C14H22N2O4S/c1-10-7-8-13(20-5)12(9-10)16(21(6,18)19)11(2)14(17)15(3)4/h7-9,11H,1-6H3/t11-/m0/s1. The maximum Gasteiger partial charge on any atom is 0.245 e. The van der Waals surface area contributed by atoms with Gasteiger partial charge in [0.1, 0.15) is 11.8 Å². The molecule has 0 spiro atoms. The Bertz CT molecular complexity index is 626. The second-order valence-electron chi connectivity index (χ2n) is 5.14. The second kappa shape index (κ2) is 6.34. The molecule has 21 heavy (non-hydrogen) atoms. The molecule has 118 valence electrons. The molecule has 6 nitrogen and oxygen atoms in total. The molecule has 1 rings (SSSR count). The number of methoxy groups -OCH3 is 1. The highest BCUT2D eigenvalue weighted by atomic mass is 32.2. The van der Waals surface area contributed by atoms with E-state index < -0.39 is 16.1 Å². The highest BCUT2D eigenvalue weighted by molar-refractivity contribution is 7.92. The van der Waals surface area contributed by atoms with Gasteiger partial charge in [-0.25, -0.2) is 8.42 Å². The van der Waals surface area contributed by atoms with Crippen molar-refractivity contribution in [2.75, 3.05) is 31.8 Å². The van der Waals surface area contributed by atoms with Crippen molar-refractivity contribution in [3.05, 3.63) is 23.8 Å². The van der Waals surface area contributed by atoms with Crippen LogP contribution in [0.5, 0.6) is 5.75 Å². The predicted molar refractivity (Wildman–Crippen MR) is 83.2 cm³/mol. The monoisotopic (exact) mass is 314 g/mol. The van der Waals surface area contributed by atoms with Gasteiger partial charge in [-0.2, -0.15) is 0 Å². The van der Waals surface area contributed by atoms with E-state index in [1.807, 2.05) is 13.0 Å². The fraction of sp³-hybridized carbons (Fsp3) is 0.500. The molecule has 0 aliphatic carbocycles. The molecule has 0 aromatic heterocycles. The normalized spacial score (nSPS) is 12.7. The van der Waals surface area contributed by atoms with Crippen LogP contribution < -0.4 is 9.04 Å². The van der Waals surface area contributed by atoms with Gasteiger partial charge in [-0.1, -0.05) is 6.07 Å². The Morgan fingerprint density at radius 2 is 1.86 bits per heavy atom. The minimum Gasteiger partial charge on any atom is -0.495 e. The first-order valence-corrected chi connectivity index (χ1v) is 8.29. The highest BCUT2D eigenvalue weighted by Gasteiger charge is 2.32. The van der Waals surface area contributed by atoms with Crippen molar-refractivity contribution in [3.63, 3.8) is 0 Å². The summed E-state index contributed by atoms with van der Waals surface area (Å²) in [7, 11) is 1.01. The number of hydrogen-bond donors (Lipinski definition) is 0. The average Bonchev–Trinajstić information content (AvgIpc) is 2.36. The van der Waals surface area contributed by atoms with Crippen molar-refractivity contribution in [1.29, 1.82) is 0 Å². The number of aryl methyl sites for hydroxylation is 1. The molecule has 0 unspecified atom stereocenters. The Hall–Kier alpha value is -1.76. The van der Waals surface area contributed by atoms with E-state index in [1.54, 1.807) is 33.2 Å².